The summed E-state index contributed by atoms with van der Waals surface area (Å²) in [4.78, 5) is 28.7. The third-order valence-corrected chi connectivity index (χ3v) is 2.50. The van der Waals surface area contributed by atoms with Gasteiger partial charge >= 0.3 is 0 Å². The Morgan fingerprint density at radius 2 is 2.38 bits per heavy atom. The maximum Gasteiger partial charge on any atom is 0.239 e. The standard InChI is InChI=1S/C11H13N3O2/c1-8(15)9-3-2-4-13-11(9)14-6-5-12-10(16)7-14/h2-4H,5-7H2,1H3,(H,12,16). The number of aromatic nitrogens is 1. The highest BCUT2D eigenvalue weighted by atomic mass is 16.2. The molecule has 0 bridgehead atoms. The fraction of sp³-hybridized carbons (Fsp3) is 0.364. The molecule has 1 aliphatic rings. The molecule has 16 heavy (non-hydrogen) atoms. The number of Topliss-reactive ketones (excluding diaryl/α,β-unsaturated/α-hetero) is 1. The second-order valence-electron chi connectivity index (χ2n) is 3.70. The van der Waals surface area contributed by atoms with Crippen molar-refractivity contribution in [3.05, 3.63) is 23.9 Å². The molecule has 84 valence electrons. The lowest BCUT2D eigenvalue weighted by Crippen LogP contribution is -2.48. The summed E-state index contributed by atoms with van der Waals surface area (Å²) in [5, 5.41) is 2.74. The summed E-state index contributed by atoms with van der Waals surface area (Å²) < 4.78 is 0. The Hall–Kier alpha value is -1.91. The van der Waals surface area contributed by atoms with Crippen LogP contribution >= 0.6 is 0 Å². The van der Waals surface area contributed by atoms with E-state index in [1.165, 1.54) is 6.92 Å². The van der Waals surface area contributed by atoms with Gasteiger partial charge in [-0.25, -0.2) is 4.98 Å². The van der Waals surface area contributed by atoms with Crippen molar-refractivity contribution in [2.45, 2.75) is 6.92 Å². The number of anilines is 1. The molecule has 1 aliphatic heterocycles. The van der Waals surface area contributed by atoms with Crippen LogP contribution in [0.2, 0.25) is 0 Å². The van der Waals surface area contributed by atoms with Crippen LogP contribution in [-0.4, -0.2) is 36.3 Å². The Labute approximate surface area is 93.5 Å². The molecule has 0 radical (unpaired) electrons. The normalized spacial score (nSPS) is 15.8. The van der Waals surface area contributed by atoms with Crippen molar-refractivity contribution in [3.8, 4) is 0 Å². The maximum absolute atomic E-state index is 11.4. The molecule has 5 heteroatoms. The van der Waals surface area contributed by atoms with Crippen molar-refractivity contribution in [1.82, 2.24) is 10.3 Å². The maximum atomic E-state index is 11.4. The molecular weight excluding hydrogens is 206 g/mol. The van der Waals surface area contributed by atoms with E-state index in [2.05, 4.69) is 10.3 Å². The van der Waals surface area contributed by atoms with Crippen molar-refractivity contribution in [2.24, 2.45) is 0 Å². The van der Waals surface area contributed by atoms with Gasteiger partial charge in [-0.1, -0.05) is 0 Å². The van der Waals surface area contributed by atoms with Crippen LogP contribution in [0.4, 0.5) is 5.82 Å². The van der Waals surface area contributed by atoms with Crippen molar-refractivity contribution < 1.29 is 9.59 Å². The van der Waals surface area contributed by atoms with Gasteiger partial charge < -0.3 is 10.2 Å². The Morgan fingerprint density at radius 3 is 3.06 bits per heavy atom. The third kappa shape index (κ3) is 2.03. The molecule has 5 nitrogen and oxygen atoms in total. The molecule has 0 aromatic carbocycles. The fourth-order valence-corrected chi connectivity index (χ4v) is 1.74. The minimum Gasteiger partial charge on any atom is -0.353 e. The first kappa shape index (κ1) is 10.6. The summed E-state index contributed by atoms with van der Waals surface area (Å²) in [5.41, 5.74) is 0.567. The van der Waals surface area contributed by atoms with Crippen LogP contribution in [0.1, 0.15) is 17.3 Å². The van der Waals surface area contributed by atoms with E-state index in [1.54, 1.807) is 18.3 Å². The summed E-state index contributed by atoms with van der Waals surface area (Å²) >= 11 is 0. The zero-order valence-corrected chi connectivity index (χ0v) is 9.06. The number of pyridine rings is 1. The number of piperazine rings is 1. The van der Waals surface area contributed by atoms with Crippen molar-refractivity contribution in [1.29, 1.82) is 0 Å². The van der Waals surface area contributed by atoms with Crippen LogP contribution in [0.3, 0.4) is 0 Å². The summed E-state index contributed by atoms with van der Waals surface area (Å²) in [6.07, 6.45) is 1.63. The highest BCUT2D eigenvalue weighted by Crippen LogP contribution is 2.17. The molecule has 1 amide bonds. The Morgan fingerprint density at radius 1 is 1.56 bits per heavy atom. The predicted molar refractivity (Wildman–Crippen MR) is 59.5 cm³/mol. The molecule has 0 saturated carbocycles. The summed E-state index contributed by atoms with van der Waals surface area (Å²) in [6.45, 7) is 3.04. The highest BCUT2D eigenvalue weighted by molar-refractivity contribution is 5.99. The van der Waals surface area contributed by atoms with Crippen molar-refractivity contribution in [3.63, 3.8) is 0 Å². The molecule has 1 fully saturated rings. The second kappa shape index (κ2) is 4.30. The van der Waals surface area contributed by atoms with Crippen LogP contribution in [0, 0.1) is 0 Å². The molecule has 0 atom stereocenters. The molecule has 2 rings (SSSR count). The first-order chi connectivity index (χ1) is 7.68. The Balaban J connectivity index is 2.32. The van der Waals surface area contributed by atoms with Crippen LogP contribution in [0.25, 0.3) is 0 Å². The van der Waals surface area contributed by atoms with Gasteiger partial charge in [0.05, 0.1) is 12.1 Å². The van der Waals surface area contributed by atoms with Gasteiger partial charge in [-0.3, -0.25) is 9.59 Å². The average Bonchev–Trinajstić information content (AvgIpc) is 2.29. The minimum absolute atomic E-state index is 0.0333. The van der Waals surface area contributed by atoms with Crippen molar-refractivity contribution >= 4 is 17.5 Å². The summed E-state index contributed by atoms with van der Waals surface area (Å²) in [5.74, 6) is 0.533. The lowest BCUT2D eigenvalue weighted by atomic mass is 10.1. The van der Waals surface area contributed by atoms with Gasteiger partial charge in [-0.15, -0.1) is 0 Å². The molecule has 2 heterocycles. The zero-order valence-electron chi connectivity index (χ0n) is 9.06. The summed E-state index contributed by atoms with van der Waals surface area (Å²) in [6, 6.07) is 3.46. The van der Waals surface area contributed by atoms with Gasteiger partial charge in [0.15, 0.2) is 5.78 Å². The largest absolute Gasteiger partial charge is 0.353 e. The monoisotopic (exact) mass is 219 g/mol. The number of ketones is 1. The van der Waals surface area contributed by atoms with Crippen LogP contribution in [0.5, 0.6) is 0 Å². The van der Waals surface area contributed by atoms with E-state index in [4.69, 9.17) is 0 Å². The smallest absolute Gasteiger partial charge is 0.239 e. The second-order valence-corrected chi connectivity index (χ2v) is 3.70. The Bertz CT molecular complexity index is 431. The topological polar surface area (TPSA) is 62.3 Å². The number of nitrogens with zero attached hydrogens (tertiary/aromatic N) is 2. The van der Waals surface area contributed by atoms with E-state index in [1.807, 2.05) is 4.90 Å². The van der Waals surface area contributed by atoms with Gasteiger partial charge in [0.2, 0.25) is 5.91 Å². The highest BCUT2D eigenvalue weighted by Gasteiger charge is 2.20. The van der Waals surface area contributed by atoms with Gasteiger partial charge in [-0.05, 0) is 19.1 Å². The molecule has 1 aromatic rings. The van der Waals surface area contributed by atoms with Gasteiger partial charge in [-0.2, -0.15) is 0 Å². The molecule has 0 spiro atoms. The molecule has 0 aliphatic carbocycles. The van der Waals surface area contributed by atoms with E-state index < -0.39 is 0 Å². The van der Waals surface area contributed by atoms with Crippen LogP contribution in [0.15, 0.2) is 18.3 Å². The number of hydrogen-bond acceptors (Lipinski definition) is 4. The van der Waals surface area contributed by atoms with Crippen molar-refractivity contribution in [2.75, 3.05) is 24.5 Å². The molecule has 1 aromatic heterocycles. The Kier molecular flexibility index (Phi) is 2.85. The molecule has 0 unspecified atom stereocenters. The predicted octanol–water partition coefficient (Wildman–Crippen LogP) is 0.220. The van der Waals surface area contributed by atoms with Gasteiger partial charge in [0.1, 0.15) is 5.82 Å². The van der Waals surface area contributed by atoms with Crippen LogP contribution < -0.4 is 10.2 Å². The number of carbonyl (C=O) groups excluding carboxylic acids is 2. The SMILES string of the molecule is CC(=O)c1cccnc1N1CCNC(=O)C1. The number of carbonyl (C=O) groups is 2. The quantitative estimate of drug-likeness (QED) is 0.723. The molecular formula is C11H13N3O2. The summed E-state index contributed by atoms with van der Waals surface area (Å²) in [7, 11) is 0. The van der Waals surface area contributed by atoms with Gasteiger partial charge in [0.25, 0.3) is 0 Å². The number of hydrogen-bond donors (Lipinski definition) is 1. The fourth-order valence-electron chi connectivity index (χ4n) is 1.74. The molecule has 1 saturated heterocycles. The zero-order chi connectivity index (χ0) is 11.5. The van der Waals surface area contributed by atoms with E-state index in [9.17, 15) is 9.59 Å². The number of amides is 1. The van der Waals surface area contributed by atoms with E-state index in [0.29, 0.717) is 24.5 Å². The van der Waals surface area contributed by atoms with Gasteiger partial charge in [0, 0.05) is 19.3 Å². The minimum atomic E-state index is -0.0357. The third-order valence-electron chi connectivity index (χ3n) is 2.50. The molecule has 1 N–H and O–H groups in total. The van der Waals surface area contributed by atoms with E-state index in [-0.39, 0.29) is 18.2 Å². The number of rotatable bonds is 2. The number of nitrogens with one attached hydrogen (secondary N) is 1. The first-order valence-corrected chi connectivity index (χ1v) is 5.16. The van der Waals surface area contributed by atoms with Crippen LogP contribution in [-0.2, 0) is 4.79 Å². The van der Waals surface area contributed by atoms with E-state index >= 15 is 0 Å². The first-order valence-electron chi connectivity index (χ1n) is 5.16. The lowest BCUT2D eigenvalue weighted by molar-refractivity contribution is -0.120. The lowest BCUT2D eigenvalue weighted by Gasteiger charge is -2.28. The van der Waals surface area contributed by atoms with E-state index in [0.717, 1.165) is 0 Å². The average molecular weight is 219 g/mol.